The van der Waals surface area contributed by atoms with Crippen molar-refractivity contribution in [3.63, 3.8) is 0 Å². The maximum absolute atomic E-state index is 9.46. The molecule has 0 aliphatic carbocycles. The number of hydrogen-bond acceptors (Lipinski definition) is 2. The summed E-state index contributed by atoms with van der Waals surface area (Å²) in [7, 11) is 0. The van der Waals surface area contributed by atoms with E-state index in [1.165, 1.54) is 25.7 Å². The molecule has 3 unspecified atom stereocenters. The Bertz CT molecular complexity index is 124. The average molecular weight is 141 g/mol. The molecule has 10 heavy (non-hydrogen) atoms. The van der Waals surface area contributed by atoms with E-state index in [0.717, 1.165) is 12.5 Å². The number of rotatable bonds is 0. The SMILES string of the molecule is OC1CCC2CCCC1N2. The second kappa shape index (κ2) is 2.51. The van der Waals surface area contributed by atoms with E-state index in [1.807, 2.05) is 0 Å². The molecule has 2 saturated heterocycles. The number of aliphatic hydroxyl groups is 1. The number of piperidine rings is 2. The molecule has 2 heterocycles. The molecule has 0 radical (unpaired) electrons. The third kappa shape index (κ3) is 1.06. The summed E-state index contributed by atoms with van der Waals surface area (Å²) in [5.41, 5.74) is 0. The van der Waals surface area contributed by atoms with Gasteiger partial charge >= 0.3 is 0 Å². The molecule has 2 rings (SSSR count). The molecule has 2 N–H and O–H groups in total. The van der Waals surface area contributed by atoms with Gasteiger partial charge in [0.05, 0.1) is 6.10 Å². The van der Waals surface area contributed by atoms with Crippen LogP contribution in [0.1, 0.15) is 32.1 Å². The summed E-state index contributed by atoms with van der Waals surface area (Å²) < 4.78 is 0. The van der Waals surface area contributed by atoms with Gasteiger partial charge in [0.2, 0.25) is 0 Å². The number of nitrogens with one attached hydrogen (secondary N) is 1. The summed E-state index contributed by atoms with van der Waals surface area (Å²) in [4.78, 5) is 0. The van der Waals surface area contributed by atoms with E-state index in [4.69, 9.17) is 0 Å². The summed E-state index contributed by atoms with van der Waals surface area (Å²) in [6.07, 6.45) is 5.94. The molecule has 0 amide bonds. The lowest BCUT2D eigenvalue weighted by Crippen LogP contribution is -2.52. The van der Waals surface area contributed by atoms with Crippen LogP contribution in [0.3, 0.4) is 0 Å². The van der Waals surface area contributed by atoms with Gasteiger partial charge in [-0.3, -0.25) is 0 Å². The van der Waals surface area contributed by atoms with Crippen LogP contribution in [0.25, 0.3) is 0 Å². The lowest BCUT2D eigenvalue weighted by Gasteiger charge is -2.39. The second-order valence-electron chi connectivity index (χ2n) is 3.55. The van der Waals surface area contributed by atoms with E-state index in [2.05, 4.69) is 5.32 Å². The molecule has 2 aliphatic heterocycles. The van der Waals surface area contributed by atoms with Gasteiger partial charge in [-0.1, -0.05) is 6.42 Å². The minimum absolute atomic E-state index is 0.0588. The fourth-order valence-corrected chi connectivity index (χ4v) is 2.16. The zero-order valence-corrected chi connectivity index (χ0v) is 6.21. The number of fused-ring (bicyclic) bond motifs is 2. The molecule has 2 aliphatic rings. The van der Waals surface area contributed by atoms with Gasteiger partial charge in [-0.25, -0.2) is 0 Å². The second-order valence-corrected chi connectivity index (χ2v) is 3.55. The Morgan fingerprint density at radius 3 is 2.80 bits per heavy atom. The smallest absolute Gasteiger partial charge is 0.0693 e. The summed E-state index contributed by atoms with van der Waals surface area (Å²) in [6.45, 7) is 0. The van der Waals surface area contributed by atoms with Crippen LogP contribution in [0.5, 0.6) is 0 Å². The van der Waals surface area contributed by atoms with Gasteiger partial charge in [-0.2, -0.15) is 0 Å². The zero-order valence-electron chi connectivity index (χ0n) is 6.21. The predicted molar refractivity (Wildman–Crippen MR) is 39.8 cm³/mol. The molecule has 0 spiro atoms. The number of aliphatic hydroxyl groups excluding tert-OH is 1. The van der Waals surface area contributed by atoms with Crippen molar-refractivity contribution in [1.82, 2.24) is 5.32 Å². The van der Waals surface area contributed by atoms with Crippen LogP contribution >= 0.6 is 0 Å². The fourth-order valence-electron chi connectivity index (χ4n) is 2.16. The van der Waals surface area contributed by atoms with E-state index in [0.29, 0.717) is 6.04 Å². The highest BCUT2D eigenvalue weighted by Crippen LogP contribution is 2.25. The minimum Gasteiger partial charge on any atom is -0.392 e. The van der Waals surface area contributed by atoms with Gasteiger partial charge in [-0.15, -0.1) is 0 Å². The van der Waals surface area contributed by atoms with E-state index < -0.39 is 0 Å². The monoisotopic (exact) mass is 141 g/mol. The largest absolute Gasteiger partial charge is 0.392 e. The summed E-state index contributed by atoms with van der Waals surface area (Å²) in [6, 6.07) is 1.15. The molecule has 2 nitrogen and oxygen atoms in total. The standard InChI is InChI=1S/C8H15NO/c10-8-5-4-6-2-1-3-7(8)9-6/h6-10H,1-5H2. The van der Waals surface area contributed by atoms with Gasteiger partial charge in [0.1, 0.15) is 0 Å². The van der Waals surface area contributed by atoms with Crippen LogP contribution in [-0.2, 0) is 0 Å². The molecule has 0 aromatic rings. The van der Waals surface area contributed by atoms with Crippen LogP contribution < -0.4 is 5.32 Å². The van der Waals surface area contributed by atoms with Crippen molar-refractivity contribution in [2.75, 3.05) is 0 Å². The molecular weight excluding hydrogens is 126 g/mol. The lowest BCUT2D eigenvalue weighted by molar-refractivity contribution is 0.0571. The topological polar surface area (TPSA) is 32.3 Å². The van der Waals surface area contributed by atoms with E-state index >= 15 is 0 Å². The quantitative estimate of drug-likeness (QED) is 0.519. The zero-order chi connectivity index (χ0) is 6.97. The normalized spacial score (nSPS) is 47.1. The fraction of sp³-hybridized carbons (Fsp3) is 1.00. The number of hydrogen-bond donors (Lipinski definition) is 2. The van der Waals surface area contributed by atoms with Crippen LogP contribution in [0.4, 0.5) is 0 Å². The first-order chi connectivity index (χ1) is 4.86. The highest BCUT2D eigenvalue weighted by atomic mass is 16.3. The molecule has 3 atom stereocenters. The van der Waals surface area contributed by atoms with Gasteiger partial charge < -0.3 is 10.4 Å². The Kier molecular flexibility index (Phi) is 1.66. The molecular formula is C8H15NO. The Balaban J connectivity index is 2.00. The third-order valence-electron chi connectivity index (χ3n) is 2.79. The van der Waals surface area contributed by atoms with Crippen molar-refractivity contribution >= 4 is 0 Å². The first-order valence-corrected chi connectivity index (χ1v) is 4.30. The van der Waals surface area contributed by atoms with Crippen LogP contribution in [0.2, 0.25) is 0 Å². The predicted octanol–water partition coefficient (Wildman–Crippen LogP) is 0.652. The summed E-state index contributed by atoms with van der Waals surface area (Å²) in [5.74, 6) is 0. The van der Waals surface area contributed by atoms with Gasteiger partial charge in [0.15, 0.2) is 0 Å². The third-order valence-corrected chi connectivity index (χ3v) is 2.79. The van der Waals surface area contributed by atoms with Crippen molar-refractivity contribution in [2.45, 2.75) is 50.3 Å². The lowest BCUT2D eigenvalue weighted by atomic mass is 9.85. The first kappa shape index (κ1) is 6.62. The molecule has 0 aromatic heterocycles. The van der Waals surface area contributed by atoms with Gasteiger partial charge in [0.25, 0.3) is 0 Å². The van der Waals surface area contributed by atoms with Crippen molar-refractivity contribution in [2.24, 2.45) is 0 Å². The van der Waals surface area contributed by atoms with Crippen molar-refractivity contribution in [3.8, 4) is 0 Å². The summed E-state index contributed by atoms with van der Waals surface area (Å²) >= 11 is 0. The highest BCUT2D eigenvalue weighted by molar-refractivity contribution is 4.90. The van der Waals surface area contributed by atoms with E-state index in [1.54, 1.807) is 0 Å². The molecule has 0 saturated carbocycles. The molecule has 58 valence electrons. The Hall–Kier alpha value is -0.0800. The van der Waals surface area contributed by atoms with Crippen LogP contribution in [-0.4, -0.2) is 23.3 Å². The Labute approximate surface area is 61.6 Å². The molecule has 2 heteroatoms. The van der Waals surface area contributed by atoms with Gasteiger partial charge in [-0.05, 0) is 25.7 Å². The summed E-state index contributed by atoms with van der Waals surface area (Å²) in [5, 5.41) is 12.9. The van der Waals surface area contributed by atoms with E-state index in [9.17, 15) is 5.11 Å². The molecule has 2 bridgehead atoms. The van der Waals surface area contributed by atoms with Gasteiger partial charge in [0, 0.05) is 12.1 Å². The molecule has 2 fully saturated rings. The van der Waals surface area contributed by atoms with E-state index in [-0.39, 0.29) is 6.10 Å². The Morgan fingerprint density at radius 1 is 1.10 bits per heavy atom. The van der Waals surface area contributed by atoms with Crippen LogP contribution in [0.15, 0.2) is 0 Å². The Morgan fingerprint density at radius 2 is 2.00 bits per heavy atom. The highest BCUT2D eigenvalue weighted by Gasteiger charge is 2.30. The minimum atomic E-state index is -0.0588. The average Bonchev–Trinajstić information content (AvgIpc) is 1.99. The van der Waals surface area contributed by atoms with Crippen molar-refractivity contribution in [1.29, 1.82) is 0 Å². The van der Waals surface area contributed by atoms with Crippen molar-refractivity contribution in [3.05, 3.63) is 0 Å². The first-order valence-electron chi connectivity index (χ1n) is 4.30. The maximum Gasteiger partial charge on any atom is 0.0693 e. The molecule has 0 aromatic carbocycles. The van der Waals surface area contributed by atoms with Crippen molar-refractivity contribution < 1.29 is 5.11 Å². The maximum atomic E-state index is 9.46. The van der Waals surface area contributed by atoms with Crippen LogP contribution in [0, 0.1) is 0 Å².